The van der Waals surface area contributed by atoms with Gasteiger partial charge in [-0.25, -0.2) is 9.18 Å². The van der Waals surface area contributed by atoms with Crippen LogP contribution in [0.5, 0.6) is 0 Å². The zero-order chi connectivity index (χ0) is 19.1. The minimum absolute atomic E-state index is 0.311. The van der Waals surface area contributed by atoms with Gasteiger partial charge < -0.3 is 10.1 Å². The molecule has 0 saturated heterocycles. The number of carbonyl (C=O) groups is 2. The van der Waals surface area contributed by atoms with Crippen molar-refractivity contribution in [1.29, 1.82) is 0 Å². The Hall–Kier alpha value is -2.60. The first kappa shape index (κ1) is 19.7. The molecule has 0 bridgehead atoms. The standard InChI is InChI=1S/C20H20FNO3S/c1-13-4-8-16(12-18(13)21)22-20(24)14(2)25-19(23)11-7-15-5-9-17(26-3)10-6-15/h4-12,14H,1-3H3,(H,22,24)/b11-7+/t14-/m0/s1. The van der Waals surface area contributed by atoms with E-state index in [1.165, 1.54) is 19.1 Å². The topological polar surface area (TPSA) is 55.4 Å². The van der Waals surface area contributed by atoms with Crippen LogP contribution in [0.15, 0.2) is 53.4 Å². The first-order valence-electron chi connectivity index (χ1n) is 7.99. The lowest BCUT2D eigenvalue weighted by atomic mass is 10.2. The van der Waals surface area contributed by atoms with Gasteiger partial charge in [-0.3, -0.25) is 4.79 Å². The molecule has 6 heteroatoms. The molecule has 0 spiro atoms. The molecule has 136 valence electrons. The number of esters is 1. The summed E-state index contributed by atoms with van der Waals surface area (Å²) in [6.45, 7) is 3.09. The van der Waals surface area contributed by atoms with Gasteiger partial charge in [0.2, 0.25) is 0 Å². The molecule has 4 nitrogen and oxygen atoms in total. The van der Waals surface area contributed by atoms with Gasteiger partial charge >= 0.3 is 5.97 Å². The summed E-state index contributed by atoms with van der Waals surface area (Å²) in [5.74, 6) is -1.57. The van der Waals surface area contributed by atoms with Crippen LogP contribution in [0.4, 0.5) is 10.1 Å². The second-order valence-corrected chi connectivity index (χ2v) is 6.52. The molecular formula is C20H20FNO3S. The lowest BCUT2D eigenvalue weighted by Gasteiger charge is -2.12. The average Bonchev–Trinajstić information content (AvgIpc) is 2.63. The maximum absolute atomic E-state index is 13.5. The van der Waals surface area contributed by atoms with Gasteiger partial charge in [0.25, 0.3) is 5.91 Å². The van der Waals surface area contributed by atoms with Crippen molar-refractivity contribution in [2.45, 2.75) is 24.8 Å². The summed E-state index contributed by atoms with van der Waals surface area (Å²) in [6, 6.07) is 12.0. The van der Waals surface area contributed by atoms with Gasteiger partial charge in [-0.05, 0) is 61.6 Å². The highest BCUT2D eigenvalue weighted by Crippen LogP contribution is 2.16. The van der Waals surface area contributed by atoms with Crippen LogP contribution < -0.4 is 5.32 Å². The summed E-state index contributed by atoms with van der Waals surface area (Å²) >= 11 is 1.63. The Labute approximate surface area is 156 Å². The van der Waals surface area contributed by atoms with E-state index in [4.69, 9.17) is 4.74 Å². The van der Waals surface area contributed by atoms with E-state index in [0.29, 0.717) is 11.3 Å². The van der Waals surface area contributed by atoms with Crippen molar-refractivity contribution in [3.8, 4) is 0 Å². The molecule has 1 atom stereocenters. The van der Waals surface area contributed by atoms with Crippen LogP contribution in [0.2, 0.25) is 0 Å². The van der Waals surface area contributed by atoms with Crippen molar-refractivity contribution < 1.29 is 18.7 Å². The Morgan fingerprint density at radius 1 is 1.19 bits per heavy atom. The Balaban J connectivity index is 1.89. The highest BCUT2D eigenvalue weighted by Gasteiger charge is 2.17. The molecule has 0 saturated carbocycles. The third-order valence-corrected chi connectivity index (χ3v) is 4.37. The summed E-state index contributed by atoms with van der Waals surface area (Å²) in [5.41, 5.74) is 1.65. The Morgan fingerprint density at radius 3 is 2.50 bits per heavy atom. The van der Waals surface area contributed by atoms with E-state index in [0.717, 1.165) is 10.5 Å². The van der Waals surface area contributed by atoms with Gasteiger partial charge in [-0.15, -0.1) is 11.8 Å². The summed E-state index contributed by atoms with van der Waals surface area (Å²) in [6.07, 6.45) is 3.87. The number of anilines is 1. The molecular weight excluding hydrogens is 353 g/mol. The van der Waals surface area contributed by atoms with Crippen LogP contribution in [0.3, 0.4) is 0 Å². The first-order chi connectivity index (χ1) is 12.4. The summed E-state index contributed by atoms with van der Waals surface area (Å²) in [7, 11) is 0. The number of hydrogen-bond donors (Lipinski definition) is 1. The number of amides is 1. The summed E-state index contributed by atoms with van der Waals surface area (Å²) in [5, 5.41) is 2.52. The fourth-order valence-corrected chi connectivity index (χ4v) is 2.47. The van der Waals surface area contributed by atoms with Crippen molar-refractivity contribution in [2.75, 3.05) is 11.6 Å². The van der Waals surface area contributed by atoms with Crippen LogP contribution in [-0.4, -0.2) is 24.2 Å². The van der Waals surface area contributed by atoms with Gasteiger partial charge in [0.05, 0.1) is 0 Å². The molecule has 2 aromatic rings. The van der Waals surface area contributed by atoms with E-state index in [2.05, 4.69) is 5.32 Å². The number of halogens is 1. The molecule has 2 aromatic carbocycles. The molecule has 0 aromatic heterocycles. The number of benzene rings is 2. The van der Waals surface area contributed by atoms with Crippen molar-refractivity contribution >= 4 is 35.4 Å². The normalized spacial score (nSPS) is 12.0. The summed E-state index contributed by atoms with van der Waals surface area (Å²) < 4.78 is 18.6. The van der Waals surface area contributed by atoms with Crippen LogP contribution in [0, 0.1) is 12.7 Å². The molecule has 0 aliphatic heterocycles. The van der Waals surface area contributed by atoms with E-state index in [1.807, 2.05) is 30.5 Å². The predicted molar refractivity (Wildman–Crippen MR) is 103 cm³/mol. The monoisotopic (exact) mass is 373 g/mol. The van der Waals surface area contributed by atoms with Gasteiger partial charge in [0.15, 0.2) is 6.10 Å². The third kappa shape index (κ3) is 5.74. The highest BCUT2D eigenvalue weighted by molar-refractivity contribution is 7.98. The molecule has 1 N–H and O–H groups in total. The number of ether oxygens (including phenoxy) is 1. The van der Waals surface area contributed by atoms with E-state index in [9.17, 15) is 14.0 Å². The van der Waals surface area contributed by atoms with E-state index < -0.39 is 23.8 Å². The van der Waals surface area contributed by atoms with Crippen molar-refractivity contribution in [3.05, 3.63) is 65.5 Å². The van der Waals surface area contributed by atoms with E-state index in [1.54, 1.807) is 36.9 Å². The Morgan fingerprint density at radius 2 is 1.88 bits per heavy atom. The molecule has 0 aliphatic rings. The second kappa shape index (κ2) is 9.20. The van der Waals surface area contributed by atoms with Crippen LogP contribution in [-0.2, 0) is 14.3 Å². The highest BCUT2D eigenvalue weighted by atomic mass is 32.2. The largest absolute Gasteiger partial charge is 0.449 e. The van der Waals surface area contributed by atoms with Gasteiger partial charge in [0.1, 0.15) is 5.82 Å². The predicted octanol–water partition coefficient (Wildman–Crippen LogP) is 4.44. The molecule has 0 aliphatic carbocycles. The molecule has 2 rings (SSSR count). The number of carbonyl (C=O) groups excluding carboxylic acids is 2. The minimum atomic E-state index is -1.00. The summed E-state index contributed by atoms with van der Waals surface area (Å²) in [4.78, 5) is 25.0. The molecule has 0 unspecified atom stereocenters. The molecule has 26 heavy (non-hydrogen) atoms. The van der Waals surface area contributed by atoms with Crippen LogP contribution in [0.1, 0.15) is 18.1 Å². The number of hydrogen-bond acceptors (Lipinski definition) is 4. The molecule has 0 fully saturated rings. The lowest BCUT2D eigenvalue weighted by Crippen LogP contribution is -2.29. The quantitative estimate of drug-likeness (QED) is 0.462. The first-order valence-corrected chi connectivity index (χ1v) is 9.21. The molecule has 1 amide bonds. The maximum atomic E-state index is 13.5. The average molecular weight is 373 g/mol. The maximum Gasteiger partial charge on any atom is 0.331 e. The zero-order valence-electron chi connectivity index (χ0n) is 14.8. The number of rotatable bonds is 6. The van der Waals surface area contributed by atoms with Gasteiger partial charge in [-0.1, -0.05) is 18.2 Å². The van der Waals surface area contributed by atoms with E-state index in [-0.39, 0.29) is 0 Å². The third-order valence-electron chi connectivity index (χ3n) is 3.63. The molecule has 0 radical (unpaired) electrons. The lowest BCUT2D eigenvalue weighted by molar-refractivity contribution is -0.148. The number of aryl methyl sites for hydroxylation is 1. The number of thioether (sulfide) groups is 1. The Bertz CT molecular complexity index is 818. The smallest absolute Gasteiger partial charge is 0.331 e. The van der Waals surface area contributed by atoms with Crippen molar-refractivity contribution in [1.82, 2.24) is 0 Å². The van der Waals surface area contributed by atoms with Gasteiger partial charge in [0, 0.05) is 16.7 Å². The van der Waals surface area contributed by atoms with Crippen LogP contribution >= 0.6 is 11.8 Å². The minimum Gasteiger partial charge on any atom is -0.449 e. The van der Waals surface area contributed by atoms with Crippen molar-refractivity contribution in [3.63, 3.8) is 0 Å². The van der Waals surface area contributed by atoms with Crippen molar-refractivity contribution in [2.24, 2.45) is 0 Å². The van der Waals surface area contributed by atoms with Gasteiger partial charge in [-0.2, -0.15) is 0 Å². The zero-order valence-corrected chi connectivity index (χ0v) is 15.6. The fraction of sp³-hybridized carbons (Fsp3) is 0.200. The Kier molecular flexibility index (Phi) is 6.97. The number of nitrogens with one attached hydrogen (secondary N) is 1. The SMILES string of the molecule is CSc1ccc(/C=C/C(=O)O[C@@H](C)C(=O)Nc2ccc(C)c(F)c2)cc1. The molecule has 0 heterocycles. The second-order valence-electron chi connectivity index (χ2n) is 5.64. The van der Waals surface area contributed by atoms with E-state index >= 15 is 0 Å². The van der Waals surface area contributed by atoms with Crippen LogP contribution in [0.25, 0.3) is 6.08 Å². The fourth-order valence-electron chi connectivity index (χ4n) is 2.06.